The first-order valence-electron chi connectivity index (χ1n) is 14.4. The summed E-state index contributed by atoms with van der Waals surface area (Å²) in [7, 11) is 0. The molecule has 0 radical (unpaired) electrons. The van der Waals surface area contributed by atoms with Crippen molar-refractivity contribution in [1.29, 1.82) is 0 Å². The highest BCUT2D eigenvalue weighted by molar-refractivity contribution is 9.10. The zero-order valence-corrected chi connectivity index (χ0v) is 24.4. The highest BCUT2D eigenvalue weighted by Crippen LogP contribution is 2.43. The number of benzene rings is 3. The van der Waals surface area contributed by atoms with Gasteiger partial charge in [0.15, 0.2) is 0 Å². The van der Waals surface area contributed by atoms with Crippen molar-refractivity contribution in [2.45, 2.75) is 31.7 Å². The molecule has 3 fully saturated rings. The van der Waals surface area contributed by atoms with Crippen LogP contribution in [0.25, 0.3) is 0 Å². The molecule has 3 aliphatic rings. The number of anilines is 1. The fourth-order valence-electron chi connectivity index (χ4n) is 6.84. The summed E-state index contributed by atoms with van der Waals surface area (Å²) in [5, 5.41) is 3.07. The van der Waals surface area contributed by atoms with Crippen LogP contribution in [0.1, 0.15) is 36.3 Å². The van der Waals surface area contributed by atoms with Gasteiger partial charge >= 0.3 is 6.03 Å². The van der Waals surface area contributed by atoms with E-state index in [2.05, 4.69) is 73.5 Å². The normalized spacial score (nSPS) is 22.7. The van der Waals surface area contributed by atoms with E-state index in [0.29, 0.717) is 30.8 Å². The minimum Gasteiger partial charge on any atom is -0.338 e. The molecular formula is C33H37BrN4O2. The molecule has 0 bridgehead atoms. The second-order valence-electron chi connectivity index (χ2n) is 11.7. The monoisotopic (exact) mass is 600 g/mol. The van der Waals surface area contributed by atoms with Crippen LogP contribution in [0.15, 0.2) is 89.4 Å². The van der Waals surface area contributed by atoms with E-state index >= 15 is 0 Å². The number of urea groups is 1. The lowest BCUT2D eigenvalue weighted by Gasteiger charge is -2.39. The molecular weight excluding hydrogens is 564 g/mol. The summed E-state index contributed by atoms with van der Waals surface area (Å²) >= 11 is 3.50. The van der Waals surface area contributed by atoms with E-state index in [9.17, 15) is 9.59 Å². The van der Waals surface area contributed by atoms with Crippen molar-refractivity contribution in [3.05, 3.63) is 101 Å². The largest absolute Gasteiger partial charge is 0.338 e. The molecule has 3 aromatic carbocycles. The van der Waals surface area contributed by atoms with Crippen molar-refractivity contribution in [3.8, 4) is 0 Å². The number of piperidine rings is 1. The predicted octanol–water partition coefficient (Wildman–Crippen LogP) is 6.21. The van der Waals surface area contributed by atoms with Crippen LogP contribution in [-0.4, -0.2) is 65.9 Å². The van der Waals surface area contributed by atoms with Crippen LogP contribution in [0.2, 0.25) is 0 Å². The number of carbonyl (C=O) groups is 2. The molecule has 0 aromatic heterocycles. The summed E-state index contributed by atoms with van der Waals surface area (Å²) in [6.07, 6.45) is 2.80. The van der Waals surface area contributed by atoms with Gasteiger partial charge in [0.2, 0.25) is 5.91 Å². The van der Waals surface area contributed by atoms with Gasteiger partial charge in [-0.1, -0.05) is 76.6 Å². The average Bonchev–Trinajstić information content (AvgIpc) is 3.54. The Balaban J connectivity index is 1.08. The van der Waals surface area contributed by atoms with Gasteiger partial charge in [-0.25, -0.2) is 4.79 Å². The molecule has 3 aliphatic heterocycles. The summed E-state index contributed by atoms with van der Waals surface area (Å²) in [4.78, 5) is 33.3. The van der Waals surface area contributed by atoms with E-state index in [1.807, 2.05) is 47.4 Å². The van der Waals surface area contributed by atoms with E-state index in [4.69, 9.17) is 0 Å². The van der Waals surface area contributed by atoms with Gasteiger partial charge in [0.25, 0.3) is 0 Å². The average molecular weight is 602 g/mol. The lowest BCUT2D eigenvalue weighted by atomic mass is 9.76. The molecule has 208 valence electrons. The van der Waals surface area contributed by atoms with Crippen LogP contribution in [-0.2, 0) is 11.3 Å². The third-order valence-electron chi connectivity index (χ3n) is 9.17. The molecule has 7 heteroatoms. The number of likely N-dealkylation sites (tertiary alicyclic amines) is 3. The number of para-hydroxylation sites is 1. The van der Waals surface area contributed by atoms with Crippen LogP contribution in [0, 0.1) is 11.3 Å². The van der Waals surface area contributed by atoms with E-state index in [0.717, 1.165) is 62.1 Å². The molecule has 40 heavy (non-hydrogen) atoms. The highest BCUT2D eigenvalue weighted by Gasteiger charge is 2.48. The smallest absolute Gasteiger partial charge is 0.321 e. The fourth-order valence-corrected chi connectivity index (χ4v) is 7.10. The molecule has 3 saturated heterocycles. The predicted molar refractivity (Wildman–Crippen MR) is 162 cm³/mol. The second-order valence-corrected chi connectivity index (χ2v) is 12.6. The van der Waals surface area contributed by atoms with Crippen molar-refractivity contribution < 1.29 is 9.59 Å². The van der Waals surface area contributed by atoms with Gasteiger partial charge in [-0.05, 0) is 73.7 Å². The molecule has 6 rings (SSSR count). The van der Waals surface area contributed by atoms with Crippen molar-refractivity contribution in [1.82, 2.24) is 14.7 Å². The Morgan fingerprint density at radius 2 is 1.50 bits per heavy atom. The third kappa shape index (κ3) is 5.81. The number of hydrogen-bond donors (Lipinski definition) is 1. The van der Waals surface area contributed by atoms with E-state index in [-0.39, 0.29) is 11.4 Å². The first kappa shape index (κ1) is 27.0. The van der Waals surface area contributed by atoms with E-state index < -0.39 is 0 Å². The summed E-state index contributed by atoms with van der Waals surface area (Å²) in [6.45, 7) is 5.81. The Morgan fingerprint density at radius 3 is 2.20 bits per heavy atom. The van der Waals surface area contributed by atoms with Crippen LogP contribution < -0.4 is 5.32 Å². The quantitative estimate of drug-likeness (QED) is 0.366. The number of nitrogens with zero attached hydrogens (tertiary/aromatic N) is 3. The van der Waals surface area contributed by atoms with Gasteiger partial charge in [0, 0.05) is 48.8 Å². The number of carbonyl (C=O) groups excluding carboxylic acids is 2. The zero-order chi connectivity index (χ0) is 27.5. The zero-order valence-electron chi connectivity index (χ0n) is 22.8. The van der Waals surface area contributed by atoms with E-state index in [1.165, 1.54) is 11.1 Å². The van der Waals surface area contributed by atoms with Gasteiger partial charge in [-0.3, -0.25) is 4.79 Å². The standard InChI is InChI=1S/C33H37BrN4O2/c34-28-13-11-25(12-14-28)21-37-20-17-33(31(37)39)15-18-36(19-16-33)22-27-23-38(24-30(27)26-7-3-1-4-8-26)32(40)35-29-9-5-2-6-10-29/h1-14,27,30H,15-24H2,(H,35,40). The van der Waals surface area contributed by atoms with Crippen LogP contribution in [0.3, 0.4) is 0 Å². The van der Waals surface area contributed by atoms with Crippen molar-refractivity contribution in [2.24, 2.45) is 11.3 Å². The SMILES string of the molecule is O=C(Nc1ccccc1)N1CC(CN2CCC3(CC2)CCN(Cc2ccc(Br)cc2)C3=O)C(c2ccccc2)C1. The van der Waals surface area contributed by atoms with Crippen molar-refractivity contribution in [3.63, 3.8) is 0 Å². The summed E-state index contributed by atoms with van der Waals surface area (Å²) in [5.41, 5.74) is 3.09. The Labute approximate surface area is 245 Å². The molecule has 0 saturated carbocycles. The second kappa shape index (κ2) is 11.8. The first-order valence-corrected chi connectivity index (χ1v) is 15.2. The third-order valence-corrected chi connectivity index (χ3v) is 9.70. The molecule has 2 atom stereocenters. The first-order chi connectivity index (χ1) is 19.5. The van der Waals surface area contributed by atoms with E-state index in [1.54, 1.807) is 0 Å². The molecule has 3 amide bonds. The molecule has 3 heterocycles. The molecule has 0 aliphatic carbocycles. The Kier molecular flexibility index (Phi) is 7.94. The van der Waals surface area contributed by atoms with Gasteiger partial charge in [-0.2, -0.15) is 0 Å². The van der Waals surface area contributed by atoms with Crippen LogP contribution in [0.5, 0.6) is 0 Å². The lowest BCUT2D eigenvalue weighted by Crippen LogP contribution is -2.46. The number of amides is 3. The number of halogens is 1. The molecule has 1 spiro atoms. The maximum absolute atomic E-state index is 13.6. The van der Waals surface area contributed by atoms with Crippen LogP contribution in [0.4, 0.5) is 10.5 Å². The minimum atomic E-state index is -0.206. The number of hydrogen-bond acceptors (Lipinski definition) is 3. The van der Waals surface area contributed by atoms with Gasteiger partial charge in [0.1, 0.15) is 0 Å². The summed E-state index contributed by atoms with van der Waals surface area (Å²) < 4.78 is 1.06. The molecule has 6 nitrogen and oxygen atoms in total. The van der Waals surface area contributed by atoms with Crippen molar-refractivity contribution in [2.75, 3.05) is 44.6 Å². The number of rotatable bonds is 6. The lowest BCUT2D eigenvalue weighted by molar-refractivity contribution is -0.139. The highest BCUT2D eigenvalue weighted by atomic mass is 79.9. The minimum absolute atomic E-state index is 0.0327. The van der Waals surface area contributed by atoms with Gasteiger partial charge < -0.3 is 20.0 Å². The Hall–Kier alpha value is -3.16. The van der Waals surface area contributed by atoms with Gasteiger partial charge in [-0.15, -0.1) is 0 Å². The van der Waals surface area contributed by atoms with Crippen LogP contribution >= 0.6 is 15.9 Å². The fraction of sp³-hybridized carbons (Fsp3) is 0.394. The van der Waals surface area contributed by atoms with Crippen molar-refractivity contribution >= 4 is 33.6 Å². The Morgan fingerprint density at radius 1 is 0.850 bits per heavy atom. The maximum Gasteiger partial charge on any atom is 0.321 e. The number of nitrogens with one attached hydrogen (secondary N) is 1. The summed E-state index contributed by atoms with van der Waals surface area (Å²) in [5.74, 6) is 0.987. The molecule has 2 unspecified atom stereocenters. The Bertz CT molecular complexity index is 1310. The molecule has 3 aromatic rings. The topological polar surface area (TPSA) is 55.9 Å². The molecule has 1 N–H and O–H groups in total. The van der Waals surface area contributed by atoms with Gasteiger partial charge in [0.05, 0.1) is 5.41 Å². The maximum atomic E-state index is 13.6. The summed E-state index contributed by atoms with van der Waals surface area (Å²) in [6, 6.07) is 28.5.